The van der Waals surface area contributed by atoms with E-state index in [0.717, 1.165) is 0 Å². The first-order valence-corrected chi connectivity index (χ1v) is 3.54. The predicted molar refractivity (Wildman–Crippen MR) is 40.1 cm³/mol. The molecule has 0 aromatic rings. The summed E-state index contributed by atoms with van der Waals surface area (Å²) in [6.45, 7) is 0. The van der Waals surface area contributed by atoms with Crippen LogP contribution in [0.5, 0.6) is 0 Å². The van der Waals surface area contributed by atoms with Gasteiger partial charge in [-0.1, -0.05) is 0 Å². The third-order valence-electron chi connectivity index (χ3n) is 0.320. The molecule has 0 bridgehead atoms. The van der Waals surface area contributed by atoms with E-state index >= 15 is 0 Å². The Bertz CT molecular complexity index is 32.7. The first-order chi connectivity index (χ1) is 2.81. The van der Waals surface area contributed by atoms with E-state index in [4.69, 9.17) is 7.74 Å². The molecule has 32 valence electrons. The van der Waals surface area contributed by atoms with E-state index < -0.39 is 0 Å². The highest BCUT2D eigenvalue weighted by Gasteiger charge is 1.99. The second-order valence-corrected chi connectivity index (χ2v) is 2.14. The predicted octanol–water partition coefficient (Wildman–Crippen LogP) is 0.869. The summed E-state index contributed by atoms with van der Waals surface area (Å²) in [5.41, 5.74) is 0. The lowest BCUT2D eigenvalue weighted by Crippen LogP contribution is -2.05. The van der Waals surface area contributed by atoms with Gasteiger partial charge in [-0.2, -0.15) is 11.6 Å². The highest BCUT2D eigenvalue weighted by molar-refractivity contribution is 14.1. The first-order valence-electron chi connectivity index (χ1n) is 1.37. The number of hydrogen-bond acceptors (Lipinski definition) is 2. The standard InChI is InChI=1S/CH3B2IOS/c1-6-3(2)5-4/h1H3. The molecule has 0 N–H and O–H groups in total. The second-order valence-electron chi connectivity index (χ2n) is 0.693. The summed E-state index contributed by atoms with van der Waals surface area (Å²) in [4.78, 5) is 0. The normalized spacial score (nSPS) is 8.33. The minimum absolute atomic E-state index is 0.161. The zero-order valence-electron chi connectivity index (χ0n) is 3.35. The Morgan fingerprint density at radius 2 is 2.50 bits per heavy atom. The third-order valence-corrected chi connectivity index (χ3v) is 1.77. The van der Waals surface area contributed by atoms with Crippen molar-refractivity contribution in [2.45, 2.75) is 0 Å². The van der Waals surface area contributed by atoms with Crippen LogP contribution in [0.15, 0.2) is 0 Å². The van der Waals surface area contributed by atoms with Crippen molar-refractivity contribution in [3.63, 3.8) is 0 Å². The average molecular weight is 212 g/mol. The van der Waals surface area contributed by atoms with Gasteiger partial charge in [0.1, 0.15) is 0 Å². The molecule has 0 aliphatic carbocycles. The third kappa shape index (κ3) is 3.36. The molecule has 0 spiro atoms. The molecule has 0 saturated heterocycles. The fraction of sp³-hybridized carbons (Fsp3) is 1.00. The maximum absolute atomic E-state index is 5.21. The first kappa shape index (κ1) is 7.17. The maximum Gasteiger partial charge on any atom is 0.314 e. The molecule has 2 radical (unpaired) electrons. The van der Waals surface area contributed by atoms with Crippen LogP contribution in [0.2, 0.25) is 0 Å². The molecule has 0 aliphatic heterocycles. The van der Waals surface area contributed by atoms with E-state index in [1.54, 1.807) is 23.0 Å². The summed E-state index contributed by atoms with van der Waals surface area (Å²) in [5.74, 6) is 0. The highest BCUT2D eigenvalue weighted by Crippen LogP contribution is 2.00. The molecule has 0 aromatic heterocycles. The summed E-state index contributed by atoms with van der Waals surface area (Å²) < 4.78 is 4.61. The molecular formula is CH3B2IOS. The van der Waals surface area contributed by atoms with E-state index in [1.165, 1.54) is 11.6 Å². The Balaban J connectivity index is 2.75. The van der Waals surface area contributed by atoms with Gasteiger partial charge in [-0.15, -0.1) is 0 Å². The Morgan fingerprint density at radius 3 is 2.50 bits per heavy atom. The van der Waals surface area contributed by atoms with Crippen molar-refractivity contribution in [3.8, 4) is 0 Å². The average Bonchev–Trinajstić information content (AvgIpc) is 1.65. The summed E-state index contributed by atoms with van der Waals surface area (Å²) in [6, 6.07) is 0. The van der Waals surface area contributed by atoms with Crippen LogP contribution >= 0.6 is 34.6 Å². The van der Waals surface area contributed by atoms with E-state index in [2.05, 4.69) is 2.98 Å². The van der Waals surface area contributed by atoms with Gasteiger partial charge >= 0.3 is 6.08 Å². The van der Waals surface area contributed by atoms with Gasteiger partial charge in [0.15, 0.2) is 0 Å². The van der Waals surface area contributed by atoms with Crippen molar-refractivity contribution in [3.05, 3.63) is 0 Å². The van der Waals surface area contributed by atoms with Gasteiger partial charge in [0.2, 0.25) is 0 Å². The largest absolute Gasteiger partial charge is 0.374 e. The Labute approximate surface area is 57.7 Å². The van der Waals surface area contributed by atoms with Crippen LogP contribution in [0.4, 0.5) is 0 Å². The van der Waals surface area contributed by atoms with E-state index in [9.17, 15) is 0 Å². The van der Waals surface area contributed by atoms with Gasteiger partial charge in [-0.25, -0.2) is 0 Å². The van der Waals surface area contributed by atoms with Gasteiger partial charge < -0.3 is 2.98 Å². The number of hydrogen-bond donors (Lipinski definition) is 0. The molecule has 0 atom stereocenters. The molecule has 1 nitrogen and oxygen atoms in total. The molecule has 0 heterocycles. The molecule has 0 fully saturated rings. The molecule has 0 aliphatic rings. The van der Waals surface area contributed by atoms with Crippen LogP contribution < -0.4 is 0 Å². The Morgan fingerprint density at radius 1 is 2.00 bits per heavy atom. The van der Waals surface area contributed by atoms with Crippen molar-refractivity contribution in [2.75, 3.05) is 6.26 Å². The summed E-state index contributed by atoms with van der Waals surface area (Å²) >= 11 is 3.24. The van der Waals surface area contributed by atoms with E-state index in [-0.39, 0.29) is 6.08 Å². The van der Waals surface area contributed by atoms with Crippen molar-refractivity contribution >= 4 is 48.4 Å². The highest BCUT2D eigenvalue weighted by atomic mass is 127. The minimum Gasteiger partial charge on any atom is -0.374 e. The molecule has 0 rings (SSSR count). The van der Waals surface area contributed by atoms with Crippen LogP contribution in [-0.2, 0) is 2.98 Å². The van der Waals surface area contributed by atoms with Crippen LogP contribution in [0.25, 0.3) is 0 Å². The Hall–Kier alpha value is 1.17. The fourth-order valence-corrected chi connectivity index (χ4v) is 0.732. The molecule has 0 aromatic carbocycles. The van der Waals surface area contributed by atoms with Crippen LogP contribution in [0.1, 0.15) is 0 Å². The van der Waals surface area contributed by atoms with Crippen molar-refractivity contribution in [2.24, 2.45) is 0 Å². The number of rotatable bonds is 2. The second kappa shape index (κ2) is 4.33. The molecule has 0 unspecified atom stereocenters. The Kier molecular flexibility index (Phi) is 5.18. The van der Waals surface area contributed by atoms with E-state index in [0.29, 0.717) is 0 Å². The van der Waals surface area contributed by atoms with Crippen molar-refractivity contribution in [1.82, 2.24) is 0 Å². The smallest absolute Gasteiger partial charge is 0.314 e. The van der Waals surface area contributed by atoms with Gasteiger partial charge in [0, 0.05) is 0 Å². The zero-order valence-corrected chi connectivity index (χ0v) is 6.32. The van der Waals surface area contributed by atoms with Crippen molar-refractivity contribution < 1.29 is 2.98 Å². The molecule has 6 heavy (non-hydrogen) atoms. The quantitative estimate of drug-likeness (QED) is 0.495. The number of halogens is 1. The lowest BCUT2D eigenvalue weighted by Gasteiger charge is -1.93. The van der Waals surface area contributed by atoms with Crippen LogP contribution in [0.3, 0.4) is 0 Å². The zero-order chi connectivity index (χ0) is 4.99. The van der Waals surface area contributed by atoms with Crippen LogP contribution in [-0.4, -0.2) is 20.1 Å². The summed E-state index contributed by atoms with van der Waals surface area (Å²) in [6.07, 6.45) is 1.73. The SMILES string of the molecule is [B]B(OI)SC. The fourth-order valence-electron chi connectivity index (χ4n) is 0.0364. The maximum atomic E-state index is 5.21. The lowest BCUT2D eigenvalue weighted by atomic mass is 9.70. The van der Waals surface area contributed by atoms with Gasteiger partial charge in [-0.05, 0) is 6.26 Å². The van der Waals surface area contributed by atoms with E-state index in [1.807, 2.05) is 6.26 Å². The van der Waals surface area contributed by atoms with Gasteiger partial charge in [-0.3, -0.25) is 0 Å². The van der Waals surface area contributed by atoms with Crippen molar-refractivity contribution in [1.29, 1.82) is 0 Å². The topological polar surface area (TPSA) is 9.23 Å². The van der Waals surface area contributed by atoms with Crippen LogP contribution in [0, 0.1) is 0 Å². The minimum atomic E-state index is -0.161. The monoisotopic (exact) mass is 212 g/mol. The molecule has 0 amide bonds. The lowest BCUT2D eigenvalue weighted by molar-refractivity contribution is 0.792. The molecule has 0 saturated carbocycles. The van der Waals surface area contributed by atoms with Gasteiger partial charge in [0.05, 0.1) is 30.7 Å². The molecule has 5 heteroatoms. The summed E-state index contributed by atoms with van der Waals surface area (Å²) in [7, 11) is 5.21. The summed E-state index contributed by atoms with van der Waals surface area (Å²) in [5, 5.41) is 0. The van der Waals surface area contributed by atoms with Gasteiger partial charge in [0.25, 0.3) is 0 Å². The molecular weight excluding hydrogens is 209 g/mol.